The second kappa shape index (κ2) is 6.46. The van der Waals surface area contributed by atoms with Crippen LogP contribution in [0.3, 0.4) is 0 Å². The molecule has 0 aromatic carbocycles. The van der Waals surface area contributed by atoms with Gasteiger partial charge in [-0.3, -0.25) is 14.3 Å². The van der Waals surface area contributed by atoms with Crippen LogP contribution in [0.25, 0.3) is 5.82 Å². The molecule has 5 heterocycles. The van der Waals surface area contributed by atoms with Crippen molar-refractivity contribution in [3.8, 4) is 5.82 Å². The number of aromatic nitrogens is 4. The minimum Gasteiger partial charge on any atom is -0.337 e. The Kier molecular flexibility index (Phi) is 3.96. The summed E-state index contributed by atoms with van der Waals surface area (Å²) in [5, 5.41) is 7.58. The van der Waals surface area contributed by atoms with Gasteiger partial charge in [0.2, 0.25) is 0 Å². The maximum atomic E-state index is 13.0. The van der Waals surface area contributed by atoms with Crippen LogP contribution in [-0.4, -0.2) is 67.7 Å². The van der Waals surface area contributed by atoms with Gasteiger partial charge in [-0.15, -0.1) is 10.2 Å². The average Bonchev–Trinajstić information content (AvgIpc) is 3.40. The molecule has 136 valence electrons. The van der Waals surface area contributed by atoms with Crippen molar-refractivity contribution >= 4 is 5.91 Å². The van der Waals surface area contributed by atoms with E-state index in [2.05, 4.69) is 25.0 Å². The SMILES string of the molecule is O=C(c1ccc(-n2cnnc2)nc1)N1C[C@H]2CC[C@@H](C1)N(CC1CC1)C2. The standard InChI is InChI=1S/C19H24N6O/c26-19(16-4-6-18(20-7-16)25-12-21-22-13-25)24-10-15-3-5-17(11-24)23(9-15)8-14-1-2-14/h4,6-7,12-15,17H,1-3,5,8-11H2/t15-,17-/m0/s1. The van der Waals surface area contributed by atoms with Gasteiger partial charge in [-0.05, 0) is 49.7 Å². The molecule has 1 aliphatic carbocycles. The molecule has 0 N–H and O–H groups in total. The number of piperidine rings is 1. The molecule has 3 aliphatic heterocycles. The molecule has 0 unspecified atom stereocenters. The lowest BCUT2D eigenvalue weighted by Crippen LogP contribution is -2.45. The van der Waals surface area contributed by atoms with Gasteiger partial charge in [-0.25, -0.2) is 4.98 Å². The van der Waals surface area contributed by atoms with E-state index in [1.165, 1.54) is 32.2 Å². The highest BCUT2D eigenvalue weighted by Gasteiger charge is 2.38. The van der Waals surface area contributed by atoms with Crippen molar-refractivity contribution in [2.45, 2.75) is 31.7 Å². The summed E-state index contributed by atoms with van der Waals surface area (Å²) in [6.45, 7) is 4.13. The molecule has 7 heteroatoms. The number of amides is 1. The summed E-state index contributed by atoms with van der Waals surface area (Å²) in [6.07, 6.45) is 10.1. The van der Waals surface area contributed by atoms with Crippen molar-refractivity contribution in [3.05, 3.63) is 36.5 Å². The van der Waals surface area contributed by atoms with Crippen molar-refractivity contribution in [2.75, 3.05) is 26.2 Å². The summed E-state index contributed by atoms with van der Waals surface area (Å²) in [5.41, 5.74) is 0.664. The fourth-order valence-corrected chi connectivity index (χ4v) is 4.37. The highest BCUT2D eigenvalue weighted by atomic mass is 16.2. The molecule has 1 saturated carbocycles. The second-order valence-corrected chi connectivity index (χ2v) is 7.98. The van der Waals surface area contributed by atoms with Crippen molar-refractivity contribution in [2.24, 2.45) is 11.8 Å². The van der Waals surface area contributed by atoms with Crippen molar-refractivity contribution < 1.29 is 4.79 Å². The highest BCUT2D eigenvalue weighted by Crippen LogP contribution is 2.35. The molecule has 2 aromatic rings. The third kappa shape index (κ3) is 3.11. The van der Waals surface area contributed by atoms with Crippen LogP contribution >= 0.6 is 0 Å². The fourth-order valence-electron chi connectivity index (χ4n) is 4.37. The third-order valence-electron chi connectivity index (χ3n) is 5.98. The zero-order valence-electron chi connectivity index (χ0n) is 14.9. The molecule has 6 rings (SSSR count). The highest BCUT2D eigenvalue weighted by molar-refractivity contribution is 5.94. The Labute approximate surface area is 153 Å². The summed E-state index contributed by atoms with van der Waals surface area (Å²) >= 11 is 0. The number of hydrogen-bond acceptors (Lipinski definition) is 5. The quantitative estimate of drug-likeness (QED) is 0.836. The van der Waals surface area contributed by atoms with E-state index in [4.69, 9.17) is 0 Å². The van der Waals surface area contributed by atoms with Gasteiger partial charge in [0.05, 0.1) is 5.56 Å². The van der Waals surface area contributed by atoms with Gasteiger partial charge >= 0.3 is 0 Å². The molecule has 2 atom stereocenters. The maximum Gasteiger partial charge on any atom is 0.255 e. The molecule has 0 radical (unpaired) electrons. The number of carbonyl (C=O) groups excluding carboxylic acids is 1. The molecule has 2 bridgehead atoms. The van der Waals surface area contributed by atoms with E-state index in [1.807, 2.05) is 12.1 Å². The van der Waals surface area contributed by atoms with Crippen LogP contribution in [0.1, 0.15) is 36.0 Å². The predicted octanol–water partition coefficient (Wildman–Crippen LogP) is 1.61. The number of rotatable bonds is 4. The lowest BCUT2D eigenvalue weighted by atomic mass is 9.95. The molecule has 4 aliphatic rings. The van der Waals surface area contributed by atoms with E-state index in [9.17, 15) is 4.79 Å². The topological polar surface area (TPSA) is 67.2 Å². The van der Waals surface area contributed by atoms with Gasteiger partial charge in [0.25, 0.3) is 5.91 Å². The summed E-state index contributed by atoms with van der Waals surface area (Å²) in [7, 11) is 0. The lowest BCUT2D eigenvalue weighted by Gasteiger charge is -2.36. The Bertz CT molecular complexity index is 770. The zero-order valence-corrected chi connectivity index (χ0v) is 14.9. The van der Waals surface area contributed by atoms with Gasteiger partial charge in [-0.2, -0.15) is 0 Å². The lowest BCUT2D eigenvalue weighted by molar-refractivity contribution is 0.0736. The minimum atomic E-state index is 0.109. The fraction of sp³-hybridized carbons (Fsp3) is 0.579. The van der Waals surface area contributed by atoms with Crippen LogP contribution in [0.4, 0.5) is 0 Å². The third-order valence-corrected chi connectivity index (χ3v) is 5.98. The smallest absolute Gasteiger partial charge is 0.255 e. The Hall–Kier alpha value is -2.28. The predicted molar refractivity (Wildman–Crippen MR) is 95.9 cm³/mol. The first-order valence-corrected chi connectivity index (χ1v) is 9.60. The Balaban J connectivity index is 1.30. The Morgan fingerprint density at radius 1 is 1.04 bits per heavy atom. The van der Waals surface area contributed by atoms with Crippen molar-refractivity contribution in [3.63, 3.8) is 0 Å². The minimum absolute atomic E-state index is 0.109. The van der Waals surface area contributed by atoms with E-state index in [-0.39, 0.29) is 5.91 Å². The summed E-state index contributed by atoms with van der Waals surface area (Å²) in [5.74, 6) is 2.35. The molecular formula is C19H24N6O. The van der Waals surface area contributed by atoms with Crippen LogP contribution < -0.4 is 0 Å². The average molecular weight is 352 g/mol. The number of fused-ring (bicyclic) bond motifs is 4. The van der Waals surface area contributed by atoms with E-state index in [0.717, 1.165) is 31.4 Å². The normalized spacial score (nSPS) is 26.1. The first-order valence-electron chi connectivity index (χ1n) is 9.60. The van der Waals surface area contributed by atoms with Gasteiger partial charge in [0.1, 0.15) is 18.5 Å². The molecule has 0 spiro atoms. The molecule has 26 heavy (non-hydrogen) atoms. The van der Waals surface area contributed by atoms with Crippen LogP contribution in [0.15, 0.2) is 31.0 Å². The van der Waals surface area contributed by atoms with E-state index in [1.54, 1.807) is 23.4 Å². The first kappa shape index (κ1) is 15.9. The van der Waals surface area contributed by atoms with Crippen LogP contribution in [0, 0.1) is 11.8 Å². The summed E-state index contributed by atoms with van der Waals surface area (Å²) in [4.78, 5) is 22.2. The molecule has 7 nitrogen and oxygen atoms in total. The monoisotopic (exact) mass is 352 g/mol. The van der Waals surface area contributed by atoms with Crippen LogP contribution in [0.2, 0.25) is 0 Å². The Morgan fingerprint density at radius 2 is 1.88 bits per heavy atom. The van der Waals surface area contributed by atoms with Gasteiger partial charge < -0.3 is 4.90 Å². The molecular weight excluding hydrogens is 328 g/mol. The number of nitrogens with zero attached hydrogens (tertiary/aromatic N) is 6. The number of carbonyl (C=O) groups is 1. The van der Waals surface area contributed by atoms with Crippen LogP contribution in [-0.2, 0) is 0 Å². The van der Waals surface area contributed by atoms with Crippen LogP contribution in [0.5, 0.6) is 0 Å². The van der Waals surface area contributed by atoms with E-state index < -0.39 is 0 Å². The molecule has 3 saturated heterocycles. The van der Waals surface area contributed by atoms with Gasteiger partial charge in [-0.1, -0.05) is 0 Å². The number of hydrogen-bond donors (Lipinski definition) is 0. The molecule has 4 fully saturated rings. The van der Waals surface area contributed by atoms with Gasteiger partial charge in [0, 0.05) is 38.4 Å². The van der Waals surface area contributed by atoms with Crippen molar-refractivity contribution in [1.29, 1.82) is 0 Å². The molecule has 1 amide bonds. The molecule has 2 aromatic heterocycles. The summed E-state index contributed by atoms with van der Waals surface area (Å²) < 4.78 is 1.73. The summed E-state index contributed by atoms with van der Waals surface area (Å²) in [6, 6.07) is 4.24. The van der Waals surface area contributed by atoms with E-state index >= 15 is 0 Å². The largest absolute Gasteiger partial charge is 0.337 e. The maximum absolute atomic E-state index is 13.0. The number of pyridine rings is 1. The first-order chi connectivity index (χ1) is 12.8. The second-order valence-electron chi connectivity index (χ2n) is 7.98. The zero-order chi connectivity index (χ0) is 17.5. The van der Waals surface area contributed by atoms with E-state index in [0.29, 0.717) is 17.5 Å². The Morgan fingerprint density at radius 3 is 2.62 bits per heavy atom. The van der Waals surface area contributed by atoms with Crippen molar-refractivity contribution in [1.82, 2.24) is 29.5 Å². The van der Waals surface area contributed by atoms with Gasteiger partial charge in [0.15, 0.2) is 0 Å².